The van der Waals surface area contributed by atoms with E-state index >= 15 is 0 Å². The van der Waals surface area contributed by atoms with Crippen LogP contribution in [0.1, 0.15) is 21.0 Å². The van der Waals surface area contributed by atoms with Gasteiger partial charge in [0.15, 0.2) is 17.0 Å². The first-order chi connectivity index (χ1) is 13.5. The molecule has 1 aromatic carbocycles. The first kappa shape index (κ1) is 17.9. The van der Waals surface area contributed by atoms with Gasteiger partial charge in [-0.2, -0.15) is 10.2 Å². The Balaban J connectivity index is 1.52. The molecule has 3 aromatic heterocycles. The molecule has 0 saturated carbocycles. The summed E-state index contributed by atoms with van der Waals surface area (Å²) >= 11 is 3.37. The first-order valence-corrected chi connectivity index (χ1v) is 9.02. The van der Waals surface area contributed by atoms with Crippen LogP contribution in [0.15, 0.2) is 59.5 Å². The van der Waals surface area contributed by atoms with Crippen molar-refractivity contribution in [2.24, 2.45) is 7.05 Å². The van der Waals surface area contributed by atoms with Crippen molar-refractivity contribution in [1.82, 2.24) is 24.4 Å². The fourth-order valence-corrected chi connectivity index (χ4v) is 3.14. The molecule has 0 aliphatic rings. The molecule has 2 amide bonds. The van der Waals surface area contributed by atoms with Crippen molar-refractivity contribution in [2.75, 3.05) is 10.6 Å². The number of rotatable bonds is 4. The van der Waals surface area contributed by atoms with E-state index < -0.39 is 5.91 Å². The molecule has 0 saturated heterocycles. The number of carbonyl (C=O) groups excluding carboxylic acids is 2. The van der Waals surface area contributed by atoms with Crippen molar-refractivity contribution in [1.29, 1.82) is 0 Å². The van der Waals surface area contributed by atoms with Crippen LogP contribution in [-0.2, 0) is 7.05 Å². The summed E-state index contributed by atoms with van der Waals surface area (Å²) < 4.78 is 3.57. The molecule has 4 aromatic rings. The topological polar surface area (TPSA) is 106 Å². The van der Waals surface area contributed by atoms with Crippen LogP contribution in [0, 0.1) is 0 Å². The van der Waals surface area contributed by atoms with Crippen LogP contribution in [-0.4, -0.2) is 36.2 Å². The highest BCUT2D eigenvalue weighted by molar-refractivity contribution is 9.10. The number of anilines is 2. The Morgan fingerprint density at radius 1 is 1.00 bits per heavy atom. The Morgan fingerprint density at radius 3 is 2.43 bits per heavy atom. The molecule has 0 radical (unpaired) electrons. The molecular formula is C18H14BrN7O2. The fourth-order valence-electron chi connectivity index (χ4n) is 2.60. The van der Waals surface area contributed by atoms with E-state index in [4.69, 9.17) is 0 Å². The average molecular weight is 440 g/mol. The van der Waals surface area contributed by atoms with Gasteiger partial charge >= 0.3 is 0 Å². The van der Waals surface area contributed by atoms with Crippen LogP contribution in [0.4, 0.5) is 11.4 Å². The largest absolute Gasteiger partial charge is 0.321 e. The van der Waals surface area contributed by atoms with Gasteiger partial charge in [0.05, 0.1) is 4.47 Å². The van der Waals surface area contributed by atoms with Crippen molar-refractivity contribution in [2.45, 2.75) is 0 Å². The van der Waals surface area contributed by atoms with Gasteiger partial charge in [-0.1, -0.05) is 6.07 Å². The van der Waals surface area contributed by atoms with Gasteiger partial charge in [-0.05, 0) is 46.3 Å². The van der Waals surface area contributed by atoms with E-state index in [1.165, 1.54) is 4.52 Å². The summed E-state index contributed by atoms with van der Waals surface area (Å²) in [5.74, 6) is -0.733. The summed E-state index contributed by atoms with van der Waals surface area (Å²) in [5, 5.41) is 13.8. The quantitative estimate of drug-likeness (QED) is 0.508. The normalized spacial score (nSPS) is 10.8. The van der Waals surface area contributed by atoms with Crippen LogP contribution in [0.5, 0.6) is 0 Å². The second-order valence-corrected chi connectivity index (χ2v) is 6.71. The minimum Gasteiger partial charge on any atom is -0.321 e. The highest BCUT2D eigenvalue weighted by atomic mass is 79.9. The maximum Gasteiger partial charge on any atom is 0.277 e. The molecule has 10 heteroatoms. The highest BCUT2D eigenvalue weighted by Gasteiger charge is 2.18. The summed E-state index contributed by atoms with van der Waals surface area (Å²) in [6, 6.07) is 10.2. The van der Waals surface area contributed by atoms with E-state index in [2.05, 4.69) is 41.7 Å². The first-order valence-electron chi connectivity index (χ1n) is 8.22. The molecule has 0 aliphatic carbocycles. The van der Waals surface area contributed by atoms with Gasteiger partial charge in [0.25, 0.3) is 11.8 Å². The Morgan fingerprint density at radius 2 is 1.75 bits per heavy atom. The smallest absolute Gasteiger partial charge is 0.277 e. The van der Waals surface area contributed by atoms with Crippen LogP contribution < -0.4 is 10.6 Å². The van der Waals surface area contributed by atoms with E-state index in [-0.39, 0.29) is 11.6 Å². The van der Waals surface area contributed by atoms with Gasteiger partial charge in [-0.3, -0.25) is 14.3 Å². The third-order valence-electron chi connectivity index (χ3n) is 3.88. The highest BCUT2D eigenvalue weighted by Crippen LogP contribution is 2.22. The van der Waals surface area contributed by atoms with Crippen molar-refractivity contribution in [3.05, 3.63) is 70.8 Å². The van der Waals surface area contributed by atoms with Crippen LogP contribution in [0.2, 0.25) is 0 Å². The minimum atomic E-state index is -0.398. The molecule has 0 atom stereocenters. The summed E-state index contributed by atoms with van der Waals surface area (Å²) in [7, 11) is 1.74. The molecule has 0 unspecified atom stereocenters. The SMILES string of the molecule is Cn1ccc(C(=O)Nc2cccc(NC(=O)c3nn4cccnc4c3Br)c2)n1. The number of aryl methyl sites for hydroxylation is 1. The van der Waals surface area contributed by atoms with Crippen molar-refractivity contribution >= 4 is 44.8 Å². The van der Waals surface area contributed by atoms with Crippen molar-refractivity contribution in [3.8, 4) is 0 Å². The number of fused-ring (bicyclic) bond motifs is 1. The molecule has 4 rings (SSSR count). The van der Waals surface area contributed by atoms with Gasteiger partial charge < -0.3 is 10.6 Å². The molecule has 2 N–H and O–H groups in total. The molecule has 0 aliphatic heterocycles. The lowest BCUT2D eigenvalue weighted by atomic mass is 10.2. The maximum atomic E-state index is 12.6. The van der Waals surface area contributed by atoms with E-state index in [1.54, 1.807) is 66.7 Å². The number of hydrogen-bond acceptors (Lipinski definition) is 5. The summed E-state index contributed by atoms with van der Waals surface area (Å²) in [4.78, 5) is 29.0. The molecule has 0 spiro atoms. The second kappa shape index (κ2) is 7.24. The van der Waals surface area contributed by atoms with Gasteiger partial charge in [0.1, 0.15) is 0 Å². The molecule has 0 fully saturated rings. The molecular weight excluding hydrogens is 426 g/mol. The summed E-state index contributed by atoms with van der Waals surface area (Å²) in [6.45, 7) is 0. The number of benzene rings is 1. The zero-order valence-corrected chi connectivity index (χ0v) is 16.2. The number of nitrogens with zero attached hydrogens (tertiary/aromatic N) is 5. The van der Waals surface area contributed by atoms with Crippen LogP contribution in [0.25, 0.3) is 5.65 Å². The Labute approximate surface area is 167 Å². The van der Waals surface area contributed by atoms with Gasteiger partial charge in [0, 0.05) is 37.0 Å². The number of carbonyl (C=O) groups is 2. The monoisotopic (exact) mass is 439 g/mol. The standard InChI is InChI=1S/C18H14BrN7O2/c1-25-9-6-13(23-25)17(27)21-11-4-2-5-12(10-11)22-18(28)15-14(19)16-20-7-3-8-26(16)24-15/h2-10H,1H3,(H,21,27)(H,22,28). The lowest BCUT2D eigenvalue weighted by Crippen LogP contribution is -2.15. The number of amides is 2. The lowest BCUT2D eigenvalue weighted by molar-refractivity contribution is 0.101. The third kappa shape index (κ3) is 3.49. The predicted octanol–water partition coefficient (Wildman–Crippen LogP) is 2.73. The molecule has 9 nitrogen and oxygen atoms in total. The van der Waals surface area contributed by atoms with Crippen molar-refractivity contribution in [3.63, 3.8) is 0 Å². The molecule has 140 valence electrons. The van der Waals surface area contributed by atoms with E-state index in [0.717, 1.165) is 0 Å². The number of aromatic nitrogens is 5. The molecule has 0 bridgehead atoms. The number of hydrogen-bond donors (Lipinski definition) is 2. The van der Waals surface area contributed by atoms with E-state index in [0.29, 0.717) is 27.2 Å². The van der Waals surface area contributed by atoms with E-state index in [1.807, 2.05) is 0 Å². The Kier molecular flexibility index (Phi) is 4.62. The maximum absolute atomic E-state index is 12.6. The Bertz CT molecular complexity index is 1200. The van der Waals surface area contributed by atoms with Crippen molar-refractivity contribution < 1.29 is 9.59 Å². The van der Waals surface area contributed by atoms with Gasteiger partial charge in [0.2, 0.25) is 0 Å². The average Bonchev–Trinajstić information content (AvgIpc) is 3.26. The Hall–Kier alpha value is -3.53. The van der Waals surface area contributed by atoms with Crippen LogP contribution >= 0.6 is 15.9 Å². The van der Waals surface area contributed by atoms with Gasteiger partial charge in [-0.15, -0.1) is 0 Å². The number of halogens is 1. The summed E-state index contributed by atoms with van der Waals surface area (Å²) in [5.41, 5.74) is 2.11. The zero-order valence-electron chi connectivity index (χ0n) is 14.6. The molecule has 3 heterocycles. The minimum absolute atomic E-state index is 0.210. The fraction of sp³-hybridized carbons (Fsp3) is 0.0556. The second-order valence-electron chi connectivity index (χ2n) is 5.91. The van der Waals surface area contributed by atoms with E-state index in [9.17, 15) is 9.59 Å². The number of nitrogens with one attached hydrogen (secondary N) is 2. The zero-order chi connectivity index (χ0) is 19.7. The van der Waals surface area contributed by atoms with Crippen LogP contribution in [0.3, 0.4) is 0 Å². The lowest BCUT2D eigenvalue weighted by Gasteiger charge is -2.07. The predicted molar refractivity (Wildman–Crippen MR) is 106 cm³/mol. The molecule has 28 heavy (non-hydrogen) atoms. The summed E-state index contributed by atoms with van der Waals surface area (Å²) in [6.07, 6.45) is 5.02. The van der Waals surface area contributed by atoms with Gasteiger partial charge in [-0.25, -0.2) is 9.50 Å². The third-order valence-corrected chi connectivity index (χ3v) is 4.61.